The molecule has 0 aromatic heterocycles. The molecule has 25 heavy (non-hydrogen) atoms. The van der Waals surface area contributed by atoms with E-state index in [1.807, 2.05) is 4.90 Å². The second kappa shape index (κ2) is 8.92. The molecule has 0 aliphatic carbocycles. The number of carbonyl (C=O) groups excluding carboxylic acids is 1. The maximum absolute atomic E-state index is 12.9. The van der Waals surface area contributed by atoms with Crippen LogP contribution in [0.1, 0.15) is 10.4 Å². The molecule has 7 heteroatoms. The third-order valence-electron chi connectivity index (χ3n) is 4.43. The number of piperazine rings is 1. The number of benzene rings is 1. The lowest BCUT2D eigenvalue weighted by atomic mass is 10.1. The zero-order valence-electron chi connectivity index (χ0n) is 15.9. The maximum Gasteiger partial charge on any atom is 0.254 e. The van der Waals surface area contributed by atoms with Crippen molar-refractivity contribution in [2.75, 3.05) is 74.7 Å². The molecule has 0 spiro atoms. The molecule has 2 rings (SSSR count). The molecular weight excluding hydrogens is 322 g/mol. The topological polar surface area (TPSA) is 54.5 Å². The van der Waals surface area contributed by atoms with Crippen LogP contribution in [-0.2, 0) is 0 Å². The largest absolute Gasteiger partial charge is 0.493 e. The molecule has 1 heterocycles. The predicted molar refractivity (Wildman–Crippen MR) is 97.0 cm³/mol. The molecule has 0 atom stereocenters. The molecule has 0 bridgehead atoms. The second-order valence-electron chi connectivity index (χ2n) is 6.35. The van der Waals surface area contributed by atoms with Gasteiger partial charge in [0.15, 0.2) is 11.5 Å². The van der Waals surface area contributed by atoms with Crippen LogP contribution in [0.25, 0.3) is 0 Å². The molecule has 0 unspecified atom stereocenters. The van der Waals surface area contributed by atoms with Crippen LogP contribution in [0.4, 0.5) is 0 Å². The van der Waals surface area contributed by atoms with E-state index in [2.05, 4.69) is 23.9 Å². The first-order valence-electron chi connectivity index (χ1n) is 8.46. The number of hydrogen-bond acceptors (Lipinski definition) is 6. The van der Waals surface area contributed by atoms with Gasteiger partial charge in [0, 0.05) is 44.8 Å². The average molecular weight is 351 g/mol. The lowest BCUT2D eigenvalue weighted by Gasteiger charge is -2.35. The lowest BCUT2D eigenvalue weighted by molar-refractivity contribution is 0.0629. The van der Waals surface area contributed by atoms with E-state index in [1.54, 1.807) is 33.5 Å². The van der Waals surface area contributed by atoms with E-state index in [1.165, 1.54) is 0 Å². The number of methoxy groups -OCH3 is 3. The smallest absolute Gasteiger partial charge is 0.254 e. The fourth-order valence-electron chi connectivity index (χ4n) is 2.90. The summed E-state index contributed by atoms with van der Waals surface area (Å²) in [6.45, 7) is 5.29. The molecule has 0 radical (unpaired) electrons. The maximum atomic E-state index is 12.9. The number of carbonyl (C=O) groups is 1. The van der Waals surface area contributed by atoms with Crippen molar-refractivity contribution in [3.05, 3.63) is 17.7 Å². The minimum Gasteiger partial charge on any atom is -0.493 e. The monoisotopic (exact) mass is 351 g/mol. The van der Waals surface area contributed by atoms with E-state index >= 15 is 0 Å². The Morgan fingerprint density at radius 2 is 1.56 bits per heavy atom. The second-order valence-corrected chi connectivity index (χ2v) is 6.35. The van der Waals surface area contributed by atoms with Crippen molar-refractivity contribution >= 4 is 5.91 Å². The molecule has 7 nitrogen and oxygen atoms in total. The minimum absolute atomic E-state index is 0.00786. The van der Waals surface area contributed by atoms with Crippen LogP contribution in [0, 0.1) is 0 Å². The number of nitrogens with zero attached hydrogens (tertiary/aromatic N) is 3. The van der Waals surface area contributed by atoms with Gasteiger partial charge in [0.2, 0.25) is 5.75 Å². The van der Waals surface area contributed by atoms with E-state index in [0.29, 0.717) is 22.8 Å². The van der Waals surface area contributed by atoms with Gasteiger partial charge in [0.1, 0.15) is 0 Å². The normalized spacial score (nSPS) is 15.4. The molecule has 1 aliphatic rings. The summed E-state index contributed by atoms with van der Waals surface area (Å²) in [5.41, 5.74) is 0.552. The van der Waals surface area contributed by atoms with Gasteiger partial charge in [-0.2, -0.15) is 0 Å². The van der Waals surface area contributed by atoms with Gasteiger partial charge >= 0.3 is 0 Å². The molecule has 0 saturated carbocycles. The van der Waals surface area contributed by atoms with Crippen LogP contribution in [-0.4, -0.2) is 95.3 Å². The highest BCUT2D eigenvalue weighted by Gasteiger charge is 2.24. The van der Waals surface area contributed by atoms with Gasteiger partial charge in [-0.3, -0.25) is 9.69 Å². The van der Waals surface area contributed by atoms with Gasteiger partial charge in [0.25, 0.3) is 5.91 Å². The Labute approximate surface area is 150 Å². The molecule has 140 valence electrons. The highest BCUT2D eigenvalue weighted by molar-refractivity contribution is 5.95. The molecule has 0 N–H and O–H groups in total. The first-order chi connectivity index (χ1) is 12.0. The van der Waals surface area contributed by atoms with Gasteiger partial charge in [-0.1, -0.05) is 0 Å². The summed E-state index contributed by atoms with van der Waals surface area (Å²) in [6.07, 6.45) is 0. The minimum atomic E-state index is -0.00786. The SMILES string of the molecule is COc1cc(C(=O)N2CCN(CCN(C)C)CC2)cc(OC)c1OC. The summed E-state index contributed by atoms with van der Waals surface area (Å²) in [5, 5.41) is 0. The first-order valence-corrected chi connectivity index (χ1v) is 8.46. The summed E-state index contributed by atoms with van der Waals surface area (Å²) in [4.78, 5) is 19.3. The van der Waals surface area contributed by atoms with Gasteiger partial charge in [-0.25, -0.2) is 0 Å². The molecule has 1 fully saturated rings. The predicted octanol–water partition coefficient (Wildman–Crippen LogP) is 1.03. The Balaban J connectivity index is 2.06. The van der Waals surface area contributed by atoms with Crippen molar-refractivity contribution in [3.8, 4) is 17.2 Å². The summed E-state index contributed by atoms with van der Waals surface area (Å²) in [7, 11) is 8.80. The van der Waals surface area contributed by atoms with Crippen molar-refractivity contribution in [1.82, 2.24) is 14.7 Å². The molecule has 1 aromatic rings. The van der Waals surface area contributed by atoms with Crippen molar-refractivity contribution in [2.45, 2.75) is 0 Å². The fourth-order valence-corrected chi connectivity index (χ4v) is 2.90. The molecule has 1 aliphatic heterocycles. The standard InChI is InChI=1S/C18H29N3O4/c1-19(2)6-7-20-8-10-21(11-9-20)18(22)14-12-15(23-3)17(25-5)16(13-14)24-4/h12-13H,6-11H2,1-5H3. The van der Waals surface area contributed by atoms with Crippen LogP contribution >= 0.6 is 0 Å². The van der Waals surface area contributed by atoms with Gasteiger partial charge in [-0.15, -0.1) is 0 Å². The molecular formula is C18H29N3O4. The van der Waals surface area contributed by atoms with Crippen molar-refractivity contribution < 1.29 is 19.0 Å². The summed E-state index contributed by atoms with van der Waals surface area (Å²) < 4.78 is 16.0. The van der Waals surface area contributed by atoms with E-state index in [9.17, 15) is 4.79 Å². The van der Waals surface area contributed by atoms with E-state index in [0.717, 1.165) is 39.3 Å². The van der Waals surface area contributed by atoms with Crippen LogP contribution in [0.15, 0.2) is 12.1 Å². The van der Waals surface area contributed by atoms with Crippen LogP contribution in [0.3, 0.4) is 0 Å². The van der Waals surface area contributed by atoms with Crippen molar-refractivity contribution in [3.63, 3.8) is 0 Å². The van der Waals surface area contributed by atoms with Crippen molar-refractivity contribution in [1.29, 1.82) is 0 Å². The number of ether oxygens (including phenoxy) is 3. The summed E-state index contributed by atoms with van der Waals surface area (Å²) in [5.74, 6) is 1.48. The van der Waals surface area contributed by atoms with Crippen LogP contribution < -0.4 is 14.2 Å². The fraction of sp³-hybridized carbons (Fsp3) is 0.611. The molecule has 1 saturated heterocycles. The number of rotatable bonds is 7. The third-order valence-corrected chi connectivity index (χ3v) is 4.43. The Kier molecular flexibility index (Phi) is 6.90. The Morgan fingerprint density at radius 3 is 2.00 bits per heavy atom. The average Bonchev–Trinajstić information content (AvgIpc) is 2.64. The lowest BCUT2D eigenvalue weighted by Crippen LogP contribution is -2.50. The zero-order chi connectivity index (χ0) is 18.4. The zero-order valence-corrected chi connectivity index (χ0v) is 15.9. The molecule has 1 aromatic carbocycles. The quantitative estimate of drug-likeness (QED) is 0.731. The third kappa shape index (κ3) is 4.76. The van der Waals surface area contributed by atoms with E-state index in [-0.39, 0.29) is 5.91 Å². The first kappa shape index (κ1) is 19.3. The van der Waals surface area contributed by atoms with Crippen LogP contribution in [0.2, 0.25) is 0 Å². The van der Waals surface area contributed by atoms with E-state index in [4.69, 9.17) is 14.2 Å². The number of amides is 1. The van der Waals surface area contributed by atoms with E-state index < -0.39 is 0 Å². The van der Waals surface area contributed by atoms with Gasteiger partial charge < -0.3 is 24.0 Å². The highest BCUT2D eigenvalue weighted by Crippen LogP contribution is 2.38. The number of likely N-dealkylation sites (N-methyl/N-ethyl adjacent to an activating group) is 1. The van der Waals surface area contributed by atoms with Gasteiger partial charge in [-0.05, 0) is 26.2 Å². The Morgan fingerprint density at radius 1 is 1.00 bits per heavy atom. The summed E-state index contributed by atoms with van der Waals surface area (Å²) in [6, 6.07) is 3.42. The number of hydrogen-bond donors (Lipinski definition) is 0. The van der Waals surface area contributed by atoms with Crippen molar-refractivity contribution in [2.24, 2.45) is 0 Å². The highest BCUT2D eigenvalue weighted by atomic mass is 16.5. The Bertz CT molecular complexity index is 559. The molecule has 1 amide bonds. The van der Waals surface area contributed by atoms with Gasteiger partial charge in [0.05, 0.1) is 21.3 Å². The summed E-state index contributed by atoms with van der Waals surface area (Å²) >= 11 is 0. The Hall–Kier alpha value is -1.99. The van der Waals surface area contributed by atoms with Crippen LogP contribution in [0.5, 0.6) is 17.2 Å².